The van der Waals surface area contributed by atoms with Crippen LogP contribution in [0, 0.1) is 12.7 Å². The molecule has 0 atom stereocenters. The van der Waals surface area contributed by atoms with Gasteiger partial charge in [-0.25, -0.2) is 4.39 Å². The van der Waals surface area contributed by atoms with Crippen LogP contribution in [-0.2, 0) is 16.1 Å². The van der Waals surface area contributed by atoms with E-state index < -0.39 is 0 Å². The third kappa shape index (κ3) is 12.8. The van der Waals surface area contributed by atoms with Crippen molar-refractivity contribution in [3.05, 3.63) is 102 Å². The highest BCUT2D eigenvalue weighted by atomic mass is 19.1. The topological polar surface area (TPSA) is 71.3 Å². The number of aromatic nitrogens is 1. The number of unbranched alkanes of at least 4 members (excludes halogenated alkanes) is 3. The average molecular weight is 631 g/mol. The predicted molar refractivity (Wildman–Crippen MR) is 193 cm³/mol. The fourth-order valence-corrected chi connectivity index (χ4v) is 5.56. The SMILES string of the molecule is CC.CCCC(=O)CCCCCCn1c(-c2ccc(F)cc2)c(-c2ccccc2)c(C)c1C(C)C.CO.O=CNc1ccccc1. The predicted octanol–water partition coefficient (Wildman–Crippen LogP) is 10.6. The molecule has 0 spiro atoms. The Labute approximate surface area is 276 Å². The number of anilines is 1. The molecule has 2 N–H and O–H groups in total. The van der Waals surface area contributed by atoms with Gasteiger partial charge in [0.15, 0.2) is 0 Å². The maximum absolute atomic E-state index is 13.7. The molecule has 0 bridgehead atoms. The molecule has 0 aliphatic carbocycles. The first-order chi connectivity index (χ1) is 22.4. The van der Waals surface area contributed by atoms with Crippen molar-refractivity contribution in [3.63, 3.8) is 0 Å². The molecule has 0 fully saturated rings. The molecule has 0 aliphatic heterocycles. The number of para-hydroxylation sites is 1. The number of rotatable bonds is 14. The van der Waals surface area contributed by atoms with Crippen LogP contribution in [0.1, 0.15) is 96.7 Å². The van der Waals surface area contributed by atoms with Gasteiger partial charge in [-0.2, -0.15) is 0 Å². The fraction of sp³-hybridized carbons (Fsp3) is 0.400. The van der Waals surface area contributed by atoms with E-state index in [1.165, 1.54) is 28.1 Å². The Hall–Kier alpha value is -4.03. The lowest BCUT2D eigenvalue weighted by Crippen LogP contribution is -2.07. The maximum Gasteiger partial charge on any atom is 0.211 e. The molecule has 5 nitrogen and oxygen atoms in total. The highest BCUT2D eigenvalue weighted by Gasteiger charge is 2.23. The summed E-state index contributed by atoms with van der Waals surface area (Å²) in [6.07, 6.45) is 7.28. The van der Waals surface area contributed by atoms with Crippen LogP contribution in [0.4, 0.5) is 10.1 Å². The van der Waals surface area contributed by atoms with Crippen LogP contribution in [0.15, 0.2) is 84.9 Å². The zero-order chi connectivity index (χ0) is 34.3. The highest BCUT2D eigenvalue weighted by molar-refractivity contribution is 5.85. The molecule has 1 amide bonds. The lowest BCUT2D eigenvalue weighted by molar-refractivity contribution is -0.119. The Morgan fingerprint density at radius 3 is 1.93 bits per heavy atom. The summed E-state index contributed by atoms with van der Waals surface area (Å²) in [6, 6.07) is 26.7. The molecule has 46 heavy (non-hydrogen) atoms. The first-order valence-electron chi connectivity index (χ1n) is 16.6. The monoisotopic (exact) mass is 630 g/mol. The van der Waals surface area contributed by atoms with Crippen LogP contribution in [-0.4, -0.2) is 29.0 Å². The van der Waals surface area contributed by atoms with Crippen molar-refractivity contribution >= 4 is 17.9 Å². The minimum Gasteiger partial charge on any atom is -0.400 e. The second-order valence-corrected chi connectivity index (χ2v) is 11.0. The number of benzene rings is 3. The van der Waals surface area contributed by atoms with E-state index in [9.17, 15) is 14.0 Å². The number of aliphatic hydroxyl groups excluding tert-OH is 1. The minimum atomic E-state index is -0.212. The molecule has 250 valence electrons. The van der Waals surface area contributed by atoms with E-state index in [0.717, 1.165) is 57.0 Å². The normalized spacial score (nSPS) is 10.0. The van der Waals surface area contributed by atoms with Gasteiger partial charge in [0.05, 0.1) is 5.69 Å². The van der Waals surface area contributed by atoms with Crippen molar-refractivity contribution in [2.45, 2.75) is 99.0 Å². The second kappa shape index (κ2) is 23.3. The molecule has 0 unspecified atom stereocenters. The molecular formula is C40H55FN2O3. The summed E-state index contributed by atoms with van der Waals surface area (Å²) in [7, 11) is 1.00. The quantitative estimate of drug-likeness (QED) is 0.108. The Morgan fingerprint density at radius 2 is 1.39 bits per heavy atom. The number of halogens is 1. The summed E-state index contributed by atoms with van der Waals surface area (Å²) in [5.41, 5.74) is 8.16. The van der Waals surface area contributed by atoms with E-state index in [0.29, 0.717) is 31.0 Å². The van der Waals surface area contributed by atoms with Gasteiger partial charge >= 0.3 is 0 Å². The summed E-state index contributed by atoms with van der Waals surface area (Å²) in [5.74, 6) is 0.566. The Bertz CT molecular complexity index is 1380. The van der Waals surface area contributed by atoms with Crippen molar-refractivity contribution in [1.82, 2.24) is 4.57 Å². The minimum absolute atomic E-state index is 0.212. The van der Waals surface area contributed by atoms with Crippen LogP contribution in [0.25, 0.3) is 22.4 Å². The second-order valence-electron chi connectivity index (χ2n) is 11.0. The number of hydrogen-bond donors (Lipinski definition) is 2. The van der Waals surface area contributed by atoms with E-state index in [2.05, 4.69) is 61.8 Å². The molecule has 6 heteroatoms. The fourth-order valence-electron chi connectivity index (χ4n) is 5.56. The van der Waals surface area contributed by atoms with Crippen LogP contribution >= 0.6 is 0 Å². The summed E-state index contributed by atoms with van der Waals surface area (Å²) in [4.78, 5) is 21.6. The van der Waals surface area contributed by atoms with Gasteiger partial charge in [-0.1, -0.05) is 96.0 Å². The number of hydrogen-bond acceptors (Lipinski definition) is 3. The number of carbonyl (C=O) groups is 2. The number of Topliss-reactive ketones (excluding diaryl/α,β-unsaturated/α-hetero) is 1. The van der Waals surface area contributed by atoms with Gasteiger partial charge in [0.2, 0.25) is 6.41 Å². The molecule has 4 aromatic rings. The van der Waals surface area contributed by atoms with Crippen molar-refractivity contribution < 1.29 is 19.1 Å². The van der Waals surface area contributed by atoms with Gasteiger partial charge in [-0.05, 0) is 85.2 Å². The molecule has 0 radical (unpaired) electrons. The molecule has 4 rings (SSSR count). The summed E-state index contributed by atoms with van der Waals surface area (Å²) in [5, 5.41) is 9.53. The molecule has 0 aliphatic rings. The number of nitrogens with one attached hydrogen (secondary N) is 1. The molecule has 1 heterocycles. The van der Waals surface area contributed by atoms with Gasteiger partial charge in [0.25, 0.3) is 0 Å². The smallest absolute Gasteiger partial charge is 0.211 e. The number of ketones is 1. The van der Waals surface area contributed by atoms with Gasteiger partial charge in [0.1, 0.15) is 11.6 Å². The van der Waals surface area contributed by atoms with E-state index in [1.807, 2.05) is 62.4 Å². The zero-order valence-corrected chi connectivity index (χ0v) is 29.0. The van der Waals surface area contributed by atoms with Crippen LogP contribution in [0.2, 0.25) is 0 Å². The van der Waals surface area contributed by atoms with E-state index in [4.69, 9.17) is 5.11 Å². The first-order valence-corrected chi connectivity index (χ1v) is 16.6. The van der Waals surface area contributed by atoms with Gasteiger partial charge < -0.3 is 15.0 Å². The lowest BCUT2D eigenvalue weighted by Gasteiger charge is -2.17. The molecular weight excluding hydrogens is 575 g/mol. The van der Waals surface area contributed by atoms with E-state index in [-0.39, 0.29) is 5.82 Å². The Balaban J connectivity index is 0.000000686. The summed E-state index contributed by atoms with van der Waals surface area (Å²) in [6.45, 7) is 13.7. The van der Waals surface area contributed by atoms with Crippen LogP contribution in [0.3, 0.4) is 0 Å². The zero-order valence-electron chi connectivity index (χ0n) is 29.0. The van der Waals surface area contributed by atoms with Crippen molar-refractivity contribution in [3.8, 4) is 22.4 Å². The molecule has 1 aromatic heterocycles. The van der Waals surface area contributed by atoms with Crippen molar-refractivity contribution in [1.29, 1.82) is 0 Å². The summed E-state index contributed by atoms with van der Waals surface area (Å²) < 4.78 is 16.2. The average Bonchev–Trinajstić information content (AvgIpc) is 3.38. The highest BCUT2D eigenvalue weighted by Crippen LogP contribution is 2.41. The lowest BCUT2D eigenvalue weighted by atomic mass is 9.96. The molecule has 0 saturated heterocycles. The third-order valence-corrected chi connectivity index (χ3v) is 7.40. The number of aliphatic hydroxyl groups is 1. The van der Waals surface area contributed by atoms with Gasteiger partial charge in [0, 0.05) is 43.4 Å². The first kappa shape index (κ1) is 40.0. The van der Waals surface area contributed by atoms with Gasteiger partial charge in [-0.3, -0.25) is 9.59 Å². The third-order valence-electron chi connectivity index (χ3n) is 7.40. The number of amides is 1. The Morgan fingerprint density at radius 1 is 0.826 bits per heavy atom. The van der Waals surface area contributed by atoms with Crippen molar-refractivity contribution in [2.75, 3.05) is 12.4 Å². The van der Waals surface area contributed by atoms with Gasteiger partial charge in [-0.15, -0.1) is 0 Å². The van der Waals surface area contributed by atoms with Crippen LogP contribution < -0.4 is 5.32 Å². The molecule has 0 saturated carbocycles. The van der Waals surface area contributed by atoms with Crippen molar-refractivity contribution in [2.24, 2.45) is 0 Å². The largest absolute Gasteiger partial charge is 0.400 e. The number of nitrogens with zero attached hydrogens (tertiary/aromatic N) is 1. The van der Waals surface area contributed by atoms with E-state index >= 15 is 0 Å². The molecule has 3 aromatic carbocycles. The number of carbonyl (C=O) groups excluding carboxylic acids is 2. The maximum atomic E-state index is 13.7. The summed E-state index contributed by atoms with van der Waals surface area (Å²) >= 11 is 0. The Kier molecular flexibility index (Phi) is 20.3. The van der Waals surface area contributed by atoms with Crippen LogP contribution in [0.5, 0.6) is 0 Å². The van der Waals surface area contributed by atoms with E-state index in [1.54, 1.807) is 12.1 Å². The standard InChI is InChI=1S/C30H38FNO.C7H7NO.C2H6.CH4O/c1-5-13-27(33)16-11-6-7-12-21-32-29(22(2)3)23(4)28(24-14-9-8-10-15-24)30(32)25-17-19-26(31)20-18-25;9-6-8-7-4-2-1-3-5-7;2*1-2/h8-10,14-15,17-20,22H,5-7,11-13,16,21H2,1-4H3;1-6H,(H,8,9);1-2H3;2H,1H3.